The van der Waals surface area contributed by atoms with Crippen molar-refractivity contribution < 1.29 is 9.59 Å². The molecule has 2 aliphatic rings. The molecule has 2 fully saturated rings. The van der Waals surface area contributed by atoms with Crippen LogP contribution in [0.2, 0.25) is 0 Å². The molecule has 22 heavy (non-hydrogen) atoms. The minimum absolute atomic E-state index is 0.0534. The van der Waals surface area contributed by atoms with Gasteiger partial charge in [0.2, 0.25) is 11.8 Å². The van der Waals surface area contributed by atoms with Gasteiger partial charge in [0.1, 0.15) is 0 Å². The summed E-state index contributed by atoms with van der Waals surface area (Å²) in [5, 5.41) is 10.6. The first-order valence-electron chi connectivity index (χ1n) is 7.91. The third-order valence-electron chi connectivity index (χ3n) is 4.42. The van der Waals surface area contributed by atoms with Gasteiger partial charge in [-0.25, -0.2) is 0 Å². The molecule has 3 rings (SSSR count). The first-order valence-corrected chi connectivity index (χ1v) is 7.91. The van der Waals surface area contributed by atoms with E-state index in [1.165, 1.54) is 0 Å². The molecule has 0 bridgehead atoms. The quantitative estimate of drug-likeness (QED) is 0.854. The van der Waals surface area contributed by atoms with E-state index in [0.717, 1.165) is 19.5 Å². The summed E-state index contributed by atoms with van der Waals surface area (Å²) in [6, 6.07) is 2.31. The number of nitrogens with one attached hydrogen (secondary N) is 2. The van der Waals surface area contributed by atoms with E-state index in [0.29, 0.717) is 18.4 Å². The largest absolute Gasteiger partial charge is 0.339 e. The first-order chi connectivity index (χ1) is 10.5. The number of rotatable bonds is 4. The zero-order valence-corrected chi connectivity index (χ0v) is 13.1. The van der Waals surface area contributed by atoms with Crippen molar-refractivity contribution in [3.63, 3.8) is 0 Å². The fourth-order valence-corrected chi connectivity index (χ4v) is 3.11. The maximum Gasteiger partial charge on any atom is 0.230 e. The second-order valence-corrected chi connectivity index (χ2v) is 6.36. The molecule has 2 unspecified atom stereocenters. The minimum atomic E-state index is -0.284. The molecular formula is C15H23N5O2. The summed E-state index contributed by atoms with van der Waals surface area (Å²) in [5.41, 5.74) is 0. The number of amides is 2. The van der Waals surface area contributed by atoms with Crippen molar-refractivity contribution in [2.75, 3.05) is 25.0 Å². The minimum Gasteiger partial charge on any atom is -0.339 e. The Labute approximate surface area is 130 Å². The second-order valence-electron chi connectivity index (χ2n) is 6.36. The number of hydrogen-bond donors (Lipinski definition) is 2. The van der Waals surface area contributed by atoms with E-state index < -0.39 is 0 Å². The molecule has 2 amide bonds. The van der Waals surface area contributed by atoms with Crippen LogP contribution in [0.5, 0.6) is 0 Å². The summed E-state index contributed by atoms with van der Waals surface area (Å²) in [7, 11) is 0. The van der Waals surface area contributed by atoms with Crippen LogP contribution < -0.4 is 10.6 Å². The van der Waals surface area contributed by atoms with E-state index in [1.54, 1.807) is 4.90 Å². The lowest BCUT2D eigenvalue weighted by atomic mass is 10.1. The van der Waals surface area contributed by atoms with E-state index in [-0.39, 0.29) is 30.2 Å². The molecule has 1 aromatic heterocycles. The Morgan fingerprint density at radius 1 is 1.50 bits per heavy atom. The van der Waals surface area contributed by atoms with Crippen molar-refractivity contribution in [1.82, 2.24) is 20.0 Å². The summed E-state index contributed by atoms with van der Waals surface area (Å²) >= 11 is 0. The number of carbonyl (C=O) groups excluding carboxylic acids is 2. The van der Waals surface area contributed by atoms with Crippen LogP contribution in [0.4, 0.5) is 5.82 Å². The molecule has 0 aromatic carbocycles. The first kappa shape index (κ1) is 15.0. The van der Waals surface area contributed by atoms with E-state index >= 15 is 0 Å². The summed E-state index contributed by atoms with van der Waals surface area (Å²) in [5.74, 6) is 0.213. The smallest absolute Gasteiger partial charge is 0.230 e. The lowest BCUT2D eigenvalue weighted by Crippen LogP contribution is -2.33. The molecule has 2 aliphatic heterocycles. The molecule has 2 N–H and O–H groups in total. The van der Waals surface area contributed by atoms with Crippen LogP contribution in [-0.4, -0.2) is 52.2 Å². The van der Waals surface area contributed by atoms with E-state index in [1.807, 2.05) is 30.8 Å². The molecule has 7 heteroatoms. The van der Waals surface area contributed by atoms with E-state index in [9.17, 15) is 9.59 Å². The molecule has 2 saturated heterocycles. The lowest BCUT2D eigenvalue weighted by Gasteiger charge is -2.20. The second kappa shape index (κ2) is 6.08. The Balaban J connectivity index is 1.59. The highest BCUT2D eigenvalue weighted by Crippen LogP contribution is 2.22. The number of nitrogens with zero attached hydrogens (tertiary/aromatic N) is 3. The lowest BCUT2D eigenvalue weighted by molar-refractivity contribution is -0.129. The van der Waals surface area contributed by atoms with Gasteiger partial charge < -0.3 is 15.5 Å². The Morgan fingerprint density at radius 2 is 2.32 bits per heavy atom. The summed E-state index contributed by atoms with van der Waals surface area (Å²) in [4.78, 5) is 25.9. The summed E-state index contributed by atoms with van der Waals surface area (Å²) < 4.78 is 1.90. The van der Waals surface area contributed by atoms with E-state index in [2.05, 4.69) is 15.7 Å². The van der Waals surface area contributed by atoms with Gasteiger partial charge in [-0.05, 0) is 26.8 Å². The van der Waals surface area contributed by atoms with Crippen molar-refractivity contribution in [1.29, 1.82) is 0 Å². The van der Waals surface area contributed by atoms with Gasteiger partial charge >= 0.3 is 0 Å². The van der Waals surface area contributed by atoms with Gasteiger partial charge in [-0.1, -0.05) is 0 Å². The van der Waals surface area contributed by atoms with Gasteiger partial charge in [0.25, 0.3) is 0 Å². The van der Waals surface area contributed by atoms with Crippen molar-refractivity contribution in [2.45, 2.75) is 38.8 Å². The molecule has 7 nitrogen and oxygen atoms in total. The summed E-state index contributed by atoms with van der Waals surface area (Å²) in [6.07, 6.45) is 3.24. The van der Waals surface area contributed by atoms with Crippen LogP contribution in [-0.2, 0) is 9.59 Å². The van der Waals surface area contributed by atoms with Gasteiger partial charge in [-0.3, -0.25) is 14.3 Å². The number of hydrogen-bond acceptors (Lipinski definition) is 4. The van der Waals surface area contributed by atoms with Gasteiger partial charge in [0.05, 0.1) is 12.0 Å². The van der Waals surface area contributed by atoms with Gasteiger partial charge in [-0.15, -0.1) is 0 Å². The topological polar surface area (TPSA) is 79.3 Å². The number of aromatic nitrogens is 2. The standard InChI is InChI=1S/C15H23N5O2/c1-10(2)19-9-11(7-14(19)21)15(22)17-13-4-6-20(18-13)12-3-5-16-8-12/h4,6,10-12,16H,3,5,7-9H2,1-2H3,(H,17,18,22). The predicted octanol–water partition coefficient (Wildman–Crippen LogP) is 0.613. The van der Waals surface area contributed by atoms with Crippen molar-refractivity contribution in [3.05, 3.63) is 12.3 Å². The van der Waals surface area contributed by atoms with Crippen LogP contribution in [0.1, 0.15) is 32.7 Å². The van der Waals surface area contributed by atoms with Crippen molar-refractivity contribution >= 4 is 17.6 Å². The highest BCUT2D eigenvalue weighted by molar-refractivity contribution is 5.96. The van der Waals surface area contributed by atoms with Gasteiger partial charge in [-0.2, -0.15) is 5.10 Å². The van der Waals surface area contributed by atoms with Gasteiger partial charge in [0, 0.05) is 37.8 Å². The molecule has 1 aromatic rings. The average molecular weight is 305 g/mol. The highest BCUT2D eigenvalue weighted by atomic mass is 16.2. The maximum absolute atomic E-state index is 12.3. The highest BCUT2D eigenvalue weighted by Gasteiger charge is 2.35. The van der Waals surface area contributed by atoms with Crippen LogP contribution in [0, 0.1) is 5.92 Å². The van der Waals surface area contributed by atoms with Crippen LogP contribution in [0.3, 0.4) is 0 Å². The van der Waals surface area contributed by atoms with Crippen LogP contribution in [0.25, 0.3) is 0 Å². The zero-order valence-electron chi connectivity index (χ0n) is 13.1. The predicted molar refractivity (Wildman–Crippen MR) is 82.3 cm³/mol. The van der Waals surface area contributed by atoms with Crippen molar-refractivity contribution in [2.24, 2.45) is 5.92 Å². The Hall–Kier alpha value is -1.89. The molecule has 120 valence electrons. The molecule has 2 atom stereocenters. The molecular weight excluding hydrogens is 282 g/mol. The average Bonchev–Trinajstić information content (AvgIpc) is 3.16. The number of carbonyl (C=O) groups is 2. The Morgan fingerprint density at radius 3 is 2.95 bits per heavy atom. The fraction of sp³-hybridized carbons (Fsp3) is 0.667. The molecule has 0 saturated carbocycles. The SMILES string of the molecule is CC(C)N1CC(C(=O)Nc2ccn(C3CCNC3)n2)CC1=O. The van der Waals surface area contributed by atoms with E-state index in [4.69, 9.17) is 0 Å². The van der Waals surface area contributed by atoms with Crippen LogP contribution in [0.15, 0.2) is 12.3 Å². The number of likely N-dealkylation sites (tertiary alicyclic amines) is 1. The zero-order chi connectivity index (χ0) is 15.7. The normalized spacial score (nSPS) is 25.2. The molecule has 0 aliphatic carbocycles. The third-order valence-corrected chi connectivity index (χ3v) is 4.42. The Bertz CT molecular complexity index is 562. The maximum atomic E-state index is 12.3. The van der Waals surface area contributed by atoms with Crippen molar-refractivity contribution in [3.8, 4) is 0 Å². The fourth-order valence-electron chi connectivity index (χ4n) is 3.11. The number of anilines is 1. The third kappa shape index (κ3) is 2.99. The molecule has 0 spiro atoms. The Kier molecular flexibility index (Phi) is 4.15. The van der Waals surface area contributed by atoms with Crippen LogP contribution >= 0.6 is 0 Å². The van der Waals surface area contributed by atoms with Gasteiger partial charge in [0.15, 0.2) is 5.82 Å². The molecule has 3 heterocycles. The summed E-state index contributed by atoms with van der Waals surface area (Å²) in [6.45, 7) is 6.34. The monoisotopic (exact) mass is 305 g/mol. The molecule has 0 radical (unpaired) electrons.